The van der Waals surface area contributed by atoms with Gasteiger partial charge in [-0.15, -0.1) is 13.2 Å². The topological polar surface area (TPSA) is 27.0 Å². The van der Waals surface area contributed by atoms with E-state index in [9.17, 15) is 0 Å². The number of rotatable bonds is 5. The minimum absolute atomic E-state index is 0.465. The zero-order valence-electron chi connectivity index (χ0n) is 8.80. The van der Waals surface area contributed by atoms with Gasteiger partial charge in [0.1, 0.15) is 5.54 Å². The summed E-state index contributed by atoms with van der Waals surface area (Å²) >= 11 is 0. The molecular formula is C11H18N2. The van der Waals surface area contributed by atoms with Crippen LogP contribution in [0.15, 0.2) is 24.8 Å². The third-order valence-corrected chi connectivity index (χ3v) is 2.14. The molecule has 0 amide bonds. The molecule has 0 aromatic heterocycles. The Balaban J connectivity index is 4.77. The first-order chi connectivity index (χ1) is 5.98. The molecule has 0 heterocycles. The summed E-state index contributed by atoms with van der Waals surface area (Å²) in [6.45, 7) is 9.46. The van der Waals surface area contributed by atoms with Crippen molar-refractivity contribution < 1.29 is 0 Å². The normalized spacial score (nSPS) is 14.7. The molecule has 72 valence electrons. The van der Waals surface area contributed by atoms with Gasteiger partial charge in [0.05, 0.1) is 6.07 Å². The second-order valence-corrected chi connectivity index (χ2v) is 3.66. The third kappa shape index (κ3) is 3.04. The molecule has 0 fully saturated rings. The van der Waals surface area contributed by atoms with Gasteiger partial charge in [-0.05, 0) is 33.9 Å². The summed E-state index contributed by atoms with van der Waals surface area (Å²) in [5, 5.41) is 9.15. The molecule has 0 saturated carbocycles. The fourth-order valence-corrected chi connectivity index (χ4v) is 1.34. The largest absolute Gasteiger partial charge is 0.291 e. The van der Waals surface area contributed by atoms with Gasteiger partial charge < -0.3 is 0 Å². The van der Waals surface area contributed by atoms with Crippen molar-refractivity contribution in [3.05, 3.63) is 24.8 Å². The van der Waals surface area contributed by atoms with Crippen LogP contribution in [-0.4, -0.2) is 24.5 Å². The van der Waals surface area contributed by atoms with Gasteiger partial charge in [-0.2, -0.15) is 5.26 Å². The highest BCUT2D eigenvalue weighted by Crippen LogP contribution is 2.24. The summed E-state index contributed by atoms with van der Waals surface area (Å²) in [6, 6.07) is 2.34. The highest BCUT2D eigenvalue weighted by atomic mass is 15.1. The van der Waals surface area contributed by atoms with Crippen LogP contribution in [0.4, 0.5) is 0 Å². The summed E-state index contributed by atoms with van der Waals surface area (Å²) < 4.78 is 0. The van der Waals surface area contributed by atoms with Gasteiger partial charge in [0, 0.05) is 0 Å². The molecule has 0 bridgehead atoms. The van der Waals surface area contributed by atoms with E-state index in [0.29, 0.717) is 12.8 Å². The van der Waals surface area contributed by atoms with E-state index < -0.39 is 5.54 Å². The summed E-state index contributed by atoms with van der Waals surface area (Å²) in [7, 11) is 3.82. The van der Waals surface area contributed by atoms with E-state index in [0.717, 1.165) is 5.57 Å². The number of nitrogens with zero attached hydrogens (tertiary/aromatic N) is 2. The molecule has 0 spiro atoms. The molecule has 0 aliphatic heterocycles. The van der Waals surface area contributed by atoms with Crippen LogP contribution < -0.4 is 0 Å². The summed E-state index contributed by atoms with van der Waals surface area (Å²) in [5.41, 5.74) is 0.560. The summed E-state index contributed by atoms with van der Waals surface area (Å²) in [5.74, 6) is 0. The predicted molar refractivity (Wildman–Crippen MR) is 56.3 cm³/mol. The Hall–Kier alpha value is -1.07. The van der Waals surface area contributed by atoms with Crippen LogP contribution >= 0.6 is 0 Å². The van der Waals surface area contributed by atoms with Crippen LogP contribution in [0, 0.1) is 11.3 Å². The van der Waals surface area contributed by atoms with Crippen molar-refractivity contribution >= 4 is 0 Å². The van der Waals surface area contributed by atoms with Gasteiger partial charge in [0.15, 0.2) is 0 Å². The van der Waals surface area contributed by atoms with E-state index in [1.807, 2.05) is 25.9 Å². The summed E-state index contributed by atoms with van der Waals surface area (Å²) in [4.78, 5) is 1.93. The second kappa shape index (κ2) is 4.84. The Labute approximate surface area is 81.2 Å². The van der Waals surface area contributed by atoms with Gasteiger partial charge in [-0.1, -0.05) is 11.6 Å². The summed E-state index contributed by atoms with van der Waals surface area (Å²) in [6.07, 6.45) is 3.15. The molecule has 0 radical (unpaired) electrons. The molecule has 0 aliphatic rings. The van der Waals surface area contributed by atoms with Crippen LogP contribution in [0.2, 0.25) is 0 Å². The lowest BCUT2D eigenvalue weighted by atomic mass is 9.88. The van der Waals surface area contributed by atoms with E-state index >= 15 is 0 Å². The Kier molecular flexibility index (Phi) is 4.44. The third-order valence-electron chi connectivity index (χ3n) is 2.14. The van der Waals surface area contributed by atoms with Crippen molar-refractivity contribution in [2.75, 3.05) is 14.1 Å². The molecule has 1 atom stereocenters. The van der Waals surface area contributed by atoms with Crippen LogP contribution in [0.5, 0.6) is 0 Å². The fourth-order valence-electron chi connectivity index (χ4n) is 1.34. The van der Waals surface area contributed by atoms with E-state index in [2.05, 4.69) is 19.2 Å². The van der Waals surface area contributed by atoms with Crippen LogP contribution in [0.25, 0.3) is 0 Å². The molecule has 0 aromatic carbocycles. The van der Waals surface area contributed by atoms with Crippen molar-refractivity contribution in [1.82, 2.24) is 4.90 Å². The van der Waals surface area contributed by atoms with Gasteiger partial charge in [-0.25, -0.2) is 0 Å². The molecule has 0 saturated heterocycles. The quantitative estimate of drug-likeness (QED) is 0.604. The fraction of sp³-hybridized carbons (Fsp3) is 0.545. The maximum absolute atomic E-state index is 9.15. The van der Waals surface area contributed by atoms with Crippen molar-refractivity contribution in [3.63, 3.8) is 0 Å². The Morgan fingerprint density at radius 3 is 2.38 bits per heavy atom. The first-order valence-electron chi connectivity index (χ1n) is 4.32. The molecule has 0 aromatic rings. The average Bonchev–Trinajstić information content (AvgIpc) is 2.02. The Morgan fingerprint density at radius 1 is 1.62 bits per heavy atom. The monoisotopic (exact) mass is 178 g/mol. The molecule has 13 heavy (non-hydrogen) atoms. The smallest absolute Gasteiger partial charge is 0.115 e. The lowest BCUT2D eigenvalue weighted by Gasteiger charge is -2.32. The van der Waals surface area contributed by atoms with Crippen molar-refractivity contribution in [1.29, 1.82) is 5.26 Å². The lowest BCUT2D eigenvalue weighted by Crippen LogP contribution is -2.42. The molecule has 2 nitrogen and oxygen atoms in total. The highest BCUT2D eigenvalue weighted by Gasteiger charge is 2.30. The van der Waals surface area contributed by atoms with E-state index in [1.54, 1.807) is 6.08 Å². The highest BCUT2D eigenvalue weighted by molar-refractivity contribution is 5.16. The van der Waals surface area contributed by atoms with Crippen molar-refractivity contribution in [3.8, 4) is 6.07 Å². The SMILES string of the molecule is C=CCC(C#N)(CC(=C)C)N(C)C. The minimum atomic E-state index is -0.465. The maximum Gasteiger partial charge on any atom is 0.115 e. The van der Waals surface area contributed by atoms with Crippen molar-refractivity contribution in [2.45, 2.75) is 25.3 Å². The standard InChI is InChI=1S/C11H18N2/c1-6-7-11(9-12,13(4)5)8-10(2)3/h6H,1-2,7-8H2,3-5H3. The first kappa shape index (κ1) is 11.9. The first-order valence-corrected chi connectivity index (χ1v) is 4.32. The second-order valence-electron chi connectivity index (χ2n) is 3.66. The van der Waals surface area contributed by atoms with Crippen molar-refractivity contribution in [2.24, 2.45) is 0 Å². The van der Waals surface area contributed by atoms with Gasteiger partial charge in [0.25, 0.3) is 0 Å². The lowest BCUT2D eigenvalue weighted by molar-refractivity contribution is 0.217. The van der Waals surface area contributed by atoms with Gasteiger partial charge >= 0.3 is 0 Å². The van der Waals surface area contributed by atoms with Gasteiger partial charge in [0.2, 0.25) is 0 Å². The number of nitriles is 1. The molecule has 0 aliphatic carbocycles. The molecule has 0 N–H and O–H groups in total. The number of hydrogen-bond donors (Lipinski definition) is 0. The molecular weight excluding hydrogens is 160 g/mol. The zero-order valence-corrected chi connectivity index (χ0v) is 8.80. The Morgan fingerprint density at radius 2 is 2.15 bits per heavy atom. The average molecular weight is 178 g/mol. The predicted octanol–water partition coefficient (Wildman–Crippen LogP) is 2.35. The van der Waals surface area contributed by atoms with E-state index in [4.69, 9.17) is 5.26 Å². The maximum atomic E-state index is 9.15. The van der Waals surface area contributed by atoms with E-state index in [1.165, 1.54) is 0 Å². The number of hydrogen-bond acceptors (Lipinski definition) is 2. The molecule has 1 unspecified atom stereocenters. The van der Waals surface area contributed by atoms with Crippen LogP contribution in [-0.2, 0) is 0 Å². The zero-order chi connectivity index (χ0) is 10.5. The molecule has 2 heteroatoms. The minimum Gasteiger partial charge on any atom is -0.291 e. The van der Waals surface area contributed by atoms with Crippen LogP contribution in [0.3, 0.4) is 0 Å². The van der Waals surface area contributed by atoms with Gasteiger partial charge in [-0.3, -0.25) is 4.90 Å². The molecule has 0 rings (SSSR count). The van der Waals surface area contributed by atoms with E-state index in [-0.39, 0.29) is 0 Å². The van der Waals surface area contributed by atoms with Crippen LogP contribution in [0.1, 0.15) is 19.8 Å². The Bertz CT molecular complexity index is 235.